The standard InChI is InChI=1S/C18H20N6O5/c1-10(11-5-6-12(25)13(7-11)29-4)20-21-14(26)8-24-9-19-16-15(24)17(27)23(3)18(28)22(16)2/h5-7,9H,8H2,1-4H3,(H2,20,21,25,26). The van der Waals surface area contributed by atoms with Crippen LogP contribution in [0.1, 0.15) is 12.5 Å². The Bertz CT molecular complexity index is 1250. The van der Waals surface area contributed by atoms with Crippen LogP contribution in [0, 0.1) is 0 Å². The molecule has 2 N–H and O–H groups in total. The van der Waals surface area contributed by atoms with E-state index < -0.39 is 17.2 Å². The first-order valence-corrected chi connectivity index (χ1v) is 8.59. The van der Waals surface area contributed by atoms with Crippen molar-refractivity contribution in [1.29, 1.82) is 0 Å². The van der Waals surface area contributed by atoms with Gasteiger partial charge in [-0.1, -0.05) is 17.9 Å². The van der Waals surface area contributed by atoms with Crippen LogP contribution in [0.5, 0.6) is 11.5 Å². The molecule has 0 radical (unpaired) electrons. The maximum absolute atomic E-state index is 12.4. The molecule has 0 saturated carbocycles. The van der Waals surface area contributed by atoms with E-state index >= 15 is 0 Å². The fraction of sp³-hybridized carbons (Fsp3) is 0.278. The molecule has 0 aliphatic carbocycles. The Labute approximate surface area is 164 Å². The molecular weight excluding hydrogens is 380 g/mol. The number of methoxy groups -OCH3 is 1. The molecule has 0 aliphatic rings. The van der Waals surface area contributed by atoms with Gasteiger partial charge in [0.05, 0.1) is 12.8 Å². The number of amides is 1. The van der Waals surface area contributed by atoms with Gasteiger partial charge in [-0.3, -0.25) is 18.7 Å². The summed E-state index contributed by atoms with van der Waals surface area (Å²) in [6.45, 7) is 1.48. The van der Waals surface area contributed by atoms with Crippen molar-refractivity contribution in [3.8, 4) is 11.5 Å². The van der Waals surface area contributed by atoms with Crippen molar-refractivity contribution in [2.45, 2.75) is 13.5 Å². The molecule has 3 aromatic rings. The van der Waals surface area contributed by atoms with Crippen LogP contribution in [0.3, 0.4) is 0 Å². The van der Waals surface area contributed by atoms with Crippen LogP contribution in [-0.4, -0.2) is 32.8 Å². The summed E-state index contributed by atoms with van der Waals surface area (Å²) in [4.78, 5) is 39.5. The highest BCUT2D eigenvalue weighted by molar-refractivity contribution is 5.99. The lowest BCUT2D eigenvalue weighted by Crippen LogP contribution is -2.46. The Morgan fingerprint density at radius 2 is 2.03 bits per heavy atom. The van der Waals surface area contributed by atoms with E-state index in [1.54, 1.807) is 13.0 Å². The van der Waals surface area contributed by atoms with Crippen LogP contribution in [0.4, 0.5) is 0 Å². The molecule has 0 aliphatic heterocycles. The molecule has 29 heavy (non-hydrogen) atoms. The molecular formula is C18H20N6O5. The predicted octanol–water partition coefficient (Wildman–Crippen LogP) is -1.52. The van der Waals surface area contributed by atoms with Crippen molar-refractivity contribution in [3.05, 3.63) is 50.9 Å². The smallest absolute Gasteiger partial charge is 0.333 e. The molecule has 11 heteroatoms. The number of aromatic nitrogens is 4. The van der Waals surface area contributed by atoms with Crippen molar-refractivity contribution in [1.82, 2.24) is 19.5 Å². The number of aryl methyl sites for hydroxylation is 1. The summed E-state index contributed by atoms with van der Waals surface area (Å²) < 4.78 is 8.67. The van der Waals surface area contributed by atoms with E-state index in [-0.39, 0.29) is 23.6 Å². The van der Waals surface area contributed by atoms with Crippen LogP contribution in [0.25, 0.3) is 11.2 Å². The number of fused-ring (bicyclic) bond motifs is 1. The highest BCUT2D eigenvalue weighted by Gasteiger charge is 2.21. The van der Waals surface area contributed by atoms with Gasteiger partial charge in [-0.15, -0.1) is 0 Å². The number of H-pyrrole nitrogens is 1. The lowest BCUT2D eigenvalue weighted by molar-refractivity contribution is -0.659. The maximum atomic E-state index is 12.4. The number of carbonyl (C=O) groups is 1. The van der Waals surface area contributed by atoms with Crippen molar-refractivity contribution >= 4 is 22.8 Å². The zero-order valence-corrected chi connectivity index (χ0v) is 16.3. The van der Waals surface area contributed by atoms with Gasteiger partial charge in [0.15, 0.2) is 6.54 Å². The molecule has 1 amide bonds. The summed E-state index contributed by atoms with van der Waals surface area (Å²) in [5, 5.41) is 15.6. The van der Waals surface area contributed by atoms with Crippen LogP contribution < -0.4 is 31.1 Å². The van der Waals surface area contributed by atoms with Gasteiger partial charge in [-0.25, -0.2) is 19.8 Å². The number of imidazole rings is 1. The van der Waals surface area contributed by atoms with Crippen molar-refractivity contribution in [2.75, 3.05) is 7.11 Å². The number of nitrogens with one attached hydrogen (secondary N) is 2. The molecule has 0 unspecified atom stereocenters. The number of hydrogen-bond donors (Lipinski definition) is 2. The van der Waals surface area contributed by atoms with Crippen LogP contribution in [0.15, 0.2) is 39.2 Å². The minimum absolute atomic E-state index is 0.180. The molecule has 1 aromatic carbocycles. The summed E-state index contributed by atoms with van der Waals surface area (Å²) in [5.41, 5.74) is 3.03. The molecule has 11 nitrogen and oxygen atoms in total. The lowest BCUT2D eigenvalue weighted by Gasteiger charge is -2.13. The van der Waals surface area contributed by atoms with Gasteiger partial charge in [0, 0.05) is 19.7 Å². The highest BCUT2D eigenvalue weighted by Crippen LogP contribution is 2.23. The van der Waals surface area contributed by atoms with Crippen molar-refractivity contribution in [3.63, 3.8) is 0 Å². The molecule has 2 aromatic heterocycles. The van der Waals surface area contributed by atoms with E-state index in [0.29, 0.717) is 16.9 Å². The summed E-state index contributed by atoms with van der Waals surface area (Å²) in [5.74, 6) is -0.544. The van der Waals surface area contributed by atoms with E-state index in [4.69, 9.17) is 4.74 Å². The van der Waals surface area contributed by atoms with Crippen LogP contribution in [0.2, 0.25) is 0 Å². The topological polar surface area (TPSA) is 137 Å². The first-order chi connectivity index (χ1) is 13.7. The molecule has 0 saturated heterocycles. The molecule has 0 atom stereocenters. The van der Waals surface area contributed by atoms with Gasteiger partial charge in [0.1, 0.15) is 5.75 Å². The normalized spacial score (nSPS) is 11.7. The largest absolute Gasteiger partial charge is 0.870 e. The molecule has 152 valence electrons. The van der Waals surface area contributed by atoms with E-state index in [1.165, 1.54) is 48.8 Å². The van der Waals surface area contributed by atoms with Gasteiger partial charge in [0.25, 0.3) is 17.1 Å². The number of hydrogen-bond acceptors (Lipinski definition) is 6. The third kappa shape index (κ3) is 3.61. The number of ether oxygens (including phenoxy) is 1. The first kappa shape index (κ1) is 19.9. The summed E-state index contributed by atoms with van der Waals surface area (Å²) in [7, 11) is 4.30. The summed E-state index contributed by atoms with van der Waals surface area (Å²) >= 11 is 0. The number of benzene rings is 1. The van der Waals surface area contributed by atoms with Crippen LogP contribution in [-0.2, 0) is 25.4 Å². The quantitative estimate of drug-likeness (QED) is 0.304. The van der Waals surface area contributed by atoms with Gasteiger partial charge in [0.2, 0.25) is 6.33 Å². The zero-order chi connectivity index (χ0) is 21.3. The number of rotatable bonds is 5. The summed E-state index contributed by atoms with van der Waals surface area (Å²) in [6.07, 6.45) is 1.44. The SMILES string of the molecule is COc1cc(/C(C)=N/NC(=O)C[n+]2c[nH]c3c2c(=O)n(C)c(=O)n3C)ccc1[O-]. The van der Waals surface area contributed by atoms with E-state index in [1.807, 2.05) is 0 Å². The third-order valence-corrected chi connectivity index (χ3v) is 4.53. The number of nitrogens with zero attached hydrogens (tertiary/aromatic N) is 4. The Hall–Kier alpha value is -3.89. The van der Waals surface area contributed by atoms with E-state index in [9.17, 15) is 19.5 Å². The number of aromatic amines is 1. The second kappa shape index (κ2) is 7.62. The maximum Gasteiger partial charge on any atom is 0.333 e. The van der Waals surface area contributed by atoms with E-state index in [2.05, 4.69) is 15.5 Å². The molecule has 0 fully saturated rings. The Kier molecular flexibility index (Phi) is 5.22. The Morgan fingerprint density at radius 1 is 1.31 bits per heavy atom. The fourth-order valence-corrected chi connectivity index (χ4v) is 2.87. The van der Waals surface area contributed by atoms with Gasteiger partial charge >= 0.3 is 11.2 Å². The fourth-order valence-electron chi connectivity index (χ4n) is 2.87. The molecule has 0 spiro atoms. The molecule has 2 heterocycles. The monoisotopic (exact) mass is 400 g/mol. The minimum Gasteiger partial charge on any atom is -0.870 e. The van der Waals surface area contributed by atoms with Gasteiger partial charge < -0.3 is 9.84 Å². The number of hydrazone groups is 1. The molecule has 3 rings (SSSR count). The van der Waals surface area contributed by atoms with Crippen molar-refractivity contribution in [2.24, 2.45) is 19.2 Å². The second-order valence-corrected chi connectivity index (χ2v) is 6.40. The van der Waals surface area contributed by atoms with Crippen molar-refractivity contribution < 1.29 is 19.2 Å². The minimum atomic E-state index is -0.512. The lowest BCUT2D eigenvalue weighted by atomic mass is 10.1. The average molecular weight is 400 g/mol. The third-order valence-electron chi connectivity index (χ3n) is 4.53. The predicted molar refractivity (Wildman–Crippen MR) is 102 cm³/mol. The van der Waals surface area contributed by atoms with Crippen LogP contribution >= 0.6 is 0 Å². The average Bonchev–Trinajstić information content (AvgIpc) is 3.12. The highest BCUT2D eigenvalue weighted by atomic mass is 16.5. The second-order valence-electron chi connectivity index (χ2n) is 6.40. The van der Waals surface area contributed by atoms with Gasteiger partial charge in [-0.2, -0.15) is 5.10 Å². The zero-order valence-electron chi connectivity index (χ0n) is 16.3. The summed E-state index contributed by atoms with van der Waals surface area (Å²) in [6, 6.07) is 4.47. The Balaban J connectivity index is 1.82. The Morgan fingerprint density at radius 3 is 2.72 bits per heavy atom. The van der Waals surface area contributed by atoms with E-state index in [0.717, 1.165) is 4.57 Å². The first-order valence-electron chi connectivity index (χ1n) is 8.59. The molecule has 0 bridgehead atoms. The van der Waals surface area contributed by atoms with Gasteiger partial charge in [-0.05, 0) is 13.0 Å². The number of carbonyl (C=O) groups excluding carboxylic acids is 1.